The number of hydrogen-bond acceptors (Lipinski definition) is 12. The van der Waals surface area contributed by atoms with Crippen molar-refractivity contribution in [3.8, 4) is 0 Å². The van der Waals surface area contributed by atoms with Crippen LogP contribution in [0.5, 0.6) is 0 Å². The lowest BCUT2D eigenvalue weighted by Crippen LogP contribution is -2.69. The van der Waals surface area contributed by atoms with Gasteiger partial charge in [0.15, 0.2) is 12.6 Å². The number of ketones is 1. The van der Waals surface area contributed by atoms with Gasteiger partial charge in [-0.05, 0) is 81.5 Å². The molecule has 19 atom stereocenters. The molecule has 7 fully saturated rings. The number of hydrogen-bond donors (Lipinski definition) is 7. The summed E-state index contributed by atoms with van der Waals surface area (Å²) in [5, 5.41) is 76.7. The van der Waals surface area contributed by atoms with Crippen molar-refractivity contribution in [2.24, 2.45) is 45.8 Å². The maximum atomic E-state index is 13.6. The van der Waals surface area contributed by atoms with E-state index in [1.54, 1.807) is 7.11 Å². The summed E-state index contributed by atoms with van der Waals surface area (Å²) in [6, 6.07) is 0. The van der Waals surface area contributed by atoms with Crippen LogP contribution in [0.2, 0.25) is 0 Å². The summed E-state index contributed by atoms with van der Waals surface area (Å²) in [4.78, 5) is 13.6. The normalized spacial score (nSPS) is 60.7. The van der Waals surface area contributed by atoms with Gasteiger partial charge in [-0.15, -0.1) is 0 Å². The number of aliphatic hydroxyl groups is 7. The van der Waals surface area contributed by atoms with E-state index in [9.17, 15) is 40.5 Å². The molecule has 5 aliphatic carbocycles. The molecule has 0 unspecified atom stereocenters. The van der Waals surface area contributed by atoms with Gasteiger partial charge in [0.1, 0.15) is 35.8 Å². The maximum absolute atomic E-state index is 13.6. The summed E-state index contributed by atoms with van der Waals surface area (Å²) < 4.78 is 24.0. The SMILES string of the molecule is CO[C@@H]1C[C@H]2[C@@H]3CC[C@](O)([C@H](C)[C@H]4C[C@@](C)(O)[C@@](C)(O)[C@H](O[C@@H]5O[C@H](CO)[C@@H](O)[C@H](O)[C@H]5O)O4)[C@@]3(C)CC[C@@H]2[C@@]2(C)C(=O)C[C@@H]3C[C@]312. The van der Waals surface area contributed by atoms with Gasteiger partial charge in [0.05, 0.1) is 30.0 Å². The highest BCUT2D eigenvalue weighted by Gasteiger charge is 2.81. The van der Waals surface area contributed by atoms with E-state index in [0.717, 1.165) is 32.1 Å². The van der Waals surface area contributed by atoms with Gasteiger partial charge < -0.3 is 54.7 Å². The Labute approximate surface area is 276 Å². The molecule has 7 aliphatic rings. The van der Waals surface area contributed by atoms with Gasteiger partial charge in [-0.1, -0.05) is 20.8 Å². The fourth-order valence-corrected chi connectivity index (χ4v) is 12.4. The zero-order chi connectivity index (χ0) is 34.3. The van der Waals surface area contributed by atoms with Crippen LogP contribution in [0, 0.1) is 45.8 Å². The first-order valence-corrected chi connectivity index (χ1v) is 17.7. The van der Waals surface area contributed by atoms with Crippen LogP contribution in [0.25, 0.3) is 0 Å². The van der Waals surface area contributed by atoms with Gasteiger partial charge in [0.2, 0.25) is 0 Å². The van der Waals surface area contributed by atoms with Crippen molar-refractivity contribution in [2.75, 3.05) is 13.7 Å². The number of Topliss-reactive ketones (excluding diaryl/α,β-unsaturated/α-hetero) is 1. The van der Waals surface area contributed by atoms with Gasteiger partial charge in [-0.3, -0.25) is 4.79 Å². The second-order valence-corrected chi connectivity index (χ2v) is 17.3. The minimum atomic E-state index is -2.00. The minimum Gasteiger partial charge on any atom is -0.394 e. The van der Waals surface area contributed by atoms with Crippen LogP contribution in [0.15, 0.2) is 0 Å². The molecule has 7 N–H and O–H groups in total. The van der Waals surface area contributed by atoms with Gasteiger partial charge in [0, 0.05) is 36.7 Å². The van der Waals surface area contributed by atoms with E-state index in [1.165, 1.54) is 13.8 Å². The fourth-order valence-electron chi connectivity index (χ4n) is 12.4. The fraction of sp³-hybridized carbons (Fsp3) is 0.971. The van der Waals surface area contributed by atoms with Crippen LogP contribution >= 0.6 is 0 Å². The molecule has 0 aromatic heterocycles. The van der Waals surface area contributed by atoms with Crippen molar-refractivity contribution in [3.63, 3.8) is 0 Å². The Bertz CT molecular complexity index is 1260. The maximum Gasteiger partial charge on any atom is 0.192 e. The van der Waals surface area contributed by atoms with E-state index in [1.807, 2.05) is 6.92 Å². The highest BCUT2D eigenvalue weighted by molar-refractivity contribution is 5.91. The van der Waals surface area contributed by atoms with E-state index in [0.29, 0.717) is 24.5 Å². The molecular formula is C35H56O12. The summed E-state index contributed by atoms with van der Waals surface area (Å²) in [6.07, 6.45) is -4.62. The van der Waals surface area contributed by atoms with Crippen LogP contribution < -0.4 is 0 Å². The molecular weight excluding hydrogens is 612 g/mol. The lowest BCUT2D eigenvalue weighted by molar-refractivity contribution is -0.400. The standard InChI is InChI=1S/C35H56O12/c1-16(21-14-31(3,41)33(5,42)29(46-21)47-28-27(40)26(39)25(38)22(15-36)45-28)35(43)10-8-19-18-12-24(44-6)34-13-17(34)11-23(37)32(34,4)20(18)7-9-30(19,35)2/h16-22,24-29,36,38-43H,7-15H2,1-6H3/t16-,17-,18+,19+,20+,21-,22-,24-,25-,26+,27-,28+,29+,30+,31-,32+,33+,34+,35+/m1/s1. The van der Waals surface area contributed by atoms with E-state index in [-0.39, 0.29) is 35.7 Å². The highest BCUT2D eigenvalue weighted by atomic mass is 16.8. The number of rotatable bonds is 6. The van der Waals surface area contributed by atoms with E-state index in [2.05, 4.69) is 13.8 Å². The molecule has 0 bridgehead atoms. The molecule has 2 heterocycles. The van der Waals surface area contributed by atoms with Crippen LogP contribution in [-0.4, -0.2) is 121 Å². The topological polar surface area (TPSA) is 196 Å². The Kier molecular flexibility index (Phi) is 8.02. The van der Waals surface area contributed by atoms with E-state index in [4.69, 9.17) is 18.9 Å². The van der Waals surface area contributed by atoms with Crippen LogP contribution in [0.4, 0.5) is 0 Å². The smallest absolute Gasteiger partial charge is 0.192 e. The predicted molar refractivity (Wildman–Crippen MR) is 164 cm³/mol. The molecule has 0 aromatic rings. The van der Waals surface area contributed by atoms with Gasteiger partial charge in [-0.2, -0.15) is 0 Å². The van der Waals surface area contributed by atoms with Gasteiger partial charge in [-0.25, -0.2) is 0 Å². The Balaban J connectivity index is 1.14. The van der Waals surface area contributed by atoms with Crippen LogP contribution in [-0.2, 0) is 23.7 Å². The van der Waals surface area contributed by atoms with Gasteiger partial charge in [0.25, 0.3) is 0 Å². The Morgan fingerprint density at radius 2 is 1.62 bits per heavy atom. The van der Waals surface area contributed by atoms with Crippen molar-refractivity contribution in [1.82, 2.24) is 0 Å². The lowest BCUT2D eigenvalue weighted by Gasteiger charge is -2.62. The highest BCUT2D eigenvalue weighted by Crippen LogP contribution is 2.81. The lowest BCUT2D eigenvalue weighted by atomic mass is 9.44. The molecule has 0 radical (unpaired) electrons. The first kappa shape index (κ1) is 34.7. The monoisotopic (exact) mass is 668 g/mol. The zero-order valence-corrected chi connectivity index (χ0v) is 28.5. The number of methoxy groups -OCH3 is 1. The van der Waals surface area contributed by atoms with Crippen LogP contribution in [0.3, 0.4) is 0 Å². The molecule has 2 aliphatic heterocycles. The molecule has 47 heavy (non-hydrogen) atoms. The summed E-state index contributed by atoms with van der Waals surface area (Å²) in [5.74, 6) is 0.944. The molecule has 7 rings (SSSR count). The second-order valence-electron chi connectivity index (χ2n) is 17.3. The molecule has 0 amide bonds. The Morgan fingerprint density at radius 1 is 0.936 bits per heavy atom. The summed E-state index contributed by atoms with van der Waals surface area (Å²) in [7, 11) is 1.78. The molecule has 5 saturated carbocycles. The third-order valence-electron chi connectivity index (χ3n) is 15.7. The molecule has 1 spiro atoms. The molecule has 2 saturated heterocycles. The van der Waals surface area contributed by atoms with Crippen LogP contribution in [0.1, 0.15) is 86.0 Å². The molecule has 0 aromatic carbocycles. The van der Waals surface area contributed by atoms with Crippen molar-refractivity contribution < 1.29 is 59.5 Å². The first-order chi connectivity index (χ1) is 21.9. The first-order valence-electron chi connectivity index (χ1n) is 17.7. The largest absolute Gasteiger partial charge is 0.394 e. The number of carbonyl (C=O) groups is 1. The second kappa shape index (κ2) is 10.9. The van der Waals surface area contributed by atoms with Crippen molar-refractivity contribution in [1.29, 1.82) is 0 Å². The number of carbonyl (C=O) groups excluding carboxylic acids is 1. The van der Waals surface area contributed by atoms with E-state index < -0.39 is 83.3 Å². The third-order valence-corrected chi connectivity index (χ3v) is 15.7. The number of ether oxygens (including phenoxy) is 4. The average molecular weight is 669 g/mol. The Morgan fingerprint density at radius 3 is 2.28 bits per heavy atom. The van der Waals surface area contributed by atoms with Crippen molar-refractivity contribution >= 4 is 5.78 Å². The minimum absolute atomic E-state index is 0.00690. The number of aliphatic hydroxyl groups excluding tert-OH is 4. The summed E-state index contributed by atoms with van der Waals surface area (Å²) in [5.41, 5.74) is -5.90. The number of fused-ring (bicyclic) bond motifs is 4. The summed E-state index contributed by atoms with van der Waals surface area (Å²) in [6.45, 7) is 8.45. The molecule has 268 valence electrons. The molecule has 12 nitrogen and oxygen atoms in total. The van der Waals surface area contributed by atoms with Crippen molar-refractivity contribution in [2.45, 2.75) is 152 Å². The third kappa shape index (κ3) is 4.30. The average Bonchev–Trinajstić information content (AvgIpc) is 3.59. The van der Waals surface area contributed by atoms with Gasteiger partial charge >= 0.3 is 0 Å². The molecule has 12 heteroatoms. The zero-order valence-electron chi connectivity index (χ0n) is 28.5. The summed E-state index contributed by atoms with van der Waals surface area (Å²) >= 11 is 0. The van der Waals surface area contributed by atoms with Crippen molar-refractivity contribution in [3.05, 3.63) is 0 Å². The predicted octanol–water partition coefficient (Wildman–Crippen LogP) is 0.634. The van der Waals surface area contributed by atoms with E-state index >= 15 is 0 Å². The quantitative estimate of drug-likeness (QED) is 0.209. The Hall–Kier alpha value is -0.770.